The Morgan fingerprint density at radius 1 is 0.968 bits per heavy atom. The molecule has 0 saturated carbocycles. The molecule has 0 radical (unpaired) electrons. The van der Waals surface area contributed by atoms with E-state index >= 15 is 0 Å². The van der Waals surface area contributed by atoms with Crippen LogP contribution in [0.25, 0.3) is 32.8 Å². The molecule has 1 N–H and O–H groups in total. The molecule has 0 atom stereocenters. The maximum atomic E-state index is 12.7. The molecule has 0 aliphatic carbocycles. The Kier molecular flexibility index (Phi) is 5.06. The summed E-state index contributed by atoms with van der Waals surface area (Å²) in [4.78, 5) is 17.4. The van der Waals surface area contributed by atoms with Crippen molar-refractivity contribution in [2.75, 3.05) is 5.32 Å². The van der Waals surface area contributed by atoms with Crippen LogP contribution >= 0.6 is 22.9 Å². The highest BCUT2D eigenvalue weighted by Crippen LogP contribution is 2.30. The Morgan fingerprint density at radius 2 is 1.68 bits per heavy atom. The van der Waals surface area contributed by atoms with Crippen LogP contribution in [0, 0.1) is 6.92 Å². The summed E-state index contributed by atoms with van der Waals surface area (Å²) in [5.41, 5.74) is 5.14. The highest BCUT2D eigenvalue weighted by atomic mass is 35.5. The summed E-state index contributed by atoms with van der Waals surface area (Å²) >= 11 is 7.55. The minimum absolute atomic E-state index is 0.264. The Morgan fingerprint density at radius 3 is 2.42 bits per heavy atom. The third-order valence-corrected chi connectivity index (χ3v) is 6.23. The van der Waals surface area contributed by atoms with Crippen LogP contribution in [0.3, 0.4) is 0 Å². The molecule has 5 rings (SSSR count). The molecule has 2 heterocycles. The predicted molar refractivity (Wildman–Crippen MR) is 127 cm³/mol. The lowest BCUT2D eigenvalue weighted by Gasteiger charge is -2.05. The minimum Gasteiger partial charge on any atom is -0.451 e. The van der Waals surface area contributed by atoms with Crippen LogP contribution < -0.4 is 5.32 Å². The predicted octanol–water partition coefficient (Wildman–Crippen LogP) is 7.44. The second-order valence-electron chi connectivity index (χ2n) is 7.13. The molecule has 2 aromatic heterocycles. The third-order valence-electron chi connectivity index (χ3n) is 5.08. The highest BCUT2D eigenvalue weighted by molar-refractivity contribution is 7.13. The van der Waals surface area contributed by atoms with Gasteiger partial charge in [0, 0.05) is 38.2 Å². The first-order valence-electron chi connectivity index (χ1n) is 9.70. The topological polar surface area (TPSA) is 55.1 Å². The number of halogens is 1. The molecule has 152 valence electrons. The molecule has 0 spiro atoms. The number of hydrogen-bond acceptors (Lipinski definition) is 4. The average molecular weight is 445 g/mol. The molecule has 3 aromatic carbocycles. The van der Waals surface area contributed by atoms with Gasteiger partial charge in [0.1, 0.15) is 10.6 Å². The van der Waals surface area contributed by atoms with Gasteiger partial charge in [-0.05, 0) is 37.3 Å². The van der Waals surface area contributed by atoms with Gasteiger partial charge in [-0.25, -0.2) is 4.98 Å². The zero-order valence-corrected chi connectivity index (χ0v) is 18.1. The average Bonchev–Trinajstić information content (AvgIpc) is 3.41. The number of thiazole rings is 1. The van der Waals surface area contributed by atoms with Crippen molar-refractivity contribution >= 4 is 45.5 Å². The number of aromatic nitrogens is 1. The van der Waals surface area contributed by atoms with E-state index < -0.39 is 0 Å². The number of nitrogens with zero attached hydrogens (tertiary/aromatic N) is 1. The van der Waals surface area contributed by atoms with Gasteiger partial charge < -0.3 is 9.73 Å². The van der Waals surface area contributed by atoms with E-state index in [1.807, 2.05) is 85.1 Å². The first kappa shape index (κ1) is 19.5. The van der Waals surface area contributed by atoms with E-state index in [1.165, 1.54) is 0 Å². The van der Waals surface area contributed by atoms with Crippen LogP contribution in [0.15, 0.2) is 82.6 Å². The van der Waals surface area contributed by atoms with Crippen LogP contribution in [0.5, 0.6) is 0 Å². The summed E-state index contributed by atoms with van der Waals surface area (Å²) in [6.45, 7) is 1.89. The molecule has 0 aliphatic heterocycles. The lowest BCUT2D eigenvalue weighted by Crippen LogP contribution is -2.11. The fourth-order valence-electron chi connectivity index (χ4n) is 3.43. The van der Waals surface area contributed by atoms with Gasteiger partial charge in [-0.15, -0.1) is 11.3 Å². The molecule has 0 saturated heterocycles. The van der Waals surface area contributed by atoms with Gasteiger partial charge in [0.25, 0.3) is 5.91 Å². The maximum absolute atomic E-state index is 12.7. The molecular weight excluding hydrogens is 428 g/mol. The largest absolute Gasteiger partial charge is 0.451 e. The molecule has 1 amide bonds. The lowest BCUT2D eigenvalue weighted by molar-refractivity contribution is 0.0998. The van der Waals surface area contributed by atoms with Crippen molar-refractivity contribution in [1.82, 2.24) is 4.98 Å². The van der Waals surface area contributed by atoms with Crippen LogP contribution in [0.1, 0.15) is 16.1 Å². The van der Waals surface area contributed by atoms with E-state index in [0.29, 0.717) is 22.1 Å². The Labute approximate surface area is 188 Å². The highest BCUT2D eigenvalue weighted by Gasteiger charge is 2.17. The van der Waals surface area contributed by atoms with Gasteiger partial charge >= 0.3 is 0 Å². The summed E-state index contributed by atoms with van der Waals surface area (Å²) in [5, 5.41) is 7.52. The molecule has 0 aliphatic rings. The maximum Gasteiger partial charge on any atom is 0.291 e. The Hall–Kier alpha value is -3.41. The molecule has 31 heavy (non-hydrogen) atoms. The summed E-state index contributed by atoms with van der Waals surface area (Å²) < 4.78 is 5.75. The van der Waals surface area contributed by atoms with Crippen LogP contribution in [-0.2, 0) is 0 Å². The Balaban J connectivity index is 1.34. The molecule has 5 aromatic rings. The zero-order chi connectivity index (χ0) is 21.4. The van der Waals surface area contributed by atoms with Crippen molar-refractivity contribution in [1.29, 1.82) is 0 Å². The summed E-state index contributed by atoms with van der Waals surface area (Å²) in [6.07, 6.45) is 0. The van der Waals surface area contributed by atoms with Crippen molar-refractivity contribution in [2.45, 2.75) is 6.92 Å². The van der Waals surface area contributed by atoms with E-state index in [2.05, 4.69) is 5.32 Å². The van der Waals surface area contributed by atoms with E-state index in [1.54, 1.807) is 11.3 Å². The number of para-hydroxylation sites is 1. The quantitative estimate of drug-likeness (QED) is 0.313. The first-order valence-corrected chi connectivity index (χ1v) is 11.0. The summed E-state index contributed by atoms with van der Waals surface area (Å²) in [7, 11) is 0. The van der Waals surface area contributed by atoms with Crippen molar-refractivity contribution in [2.24, 2.45) is 0 Å². The monoisotopic (exact) mass is 444 g/mol. The molecule has 0 unspecified atom stereocenters. The molecule has 6 heteroatoms. The van der Waals surface area contributed by atoms with Crippen molar-refractivity contribution in [3.8, 4) is 21.8 Å². The summed E-state index contributed by atoms with van der Waals surface area (Å²) in [5.74, 6) is 0.0671. The molecule has 0 fully saturated rings. The van der Waals surface area contributed by atoms with Crippen LogP contribution in [0.4, 0.5) is 5.69 Å². The van der Waals surface area contributed by atoms with Gasteiger partial charge in [0.2, 0.25) is 0 Å². The van der Waals surface area contributed by atoms with E-state index in [0.717, 1.165) is 32.8 Å². The second kappa shape index (κ2) is 8.02. The number of amides is 1. The first-order chi connectivity index (χ1) is 15.1. The van der Waals surface area contributed by atoms with Gasteiger partial charge in [0.15, 0.2) is 5.76 Å². The van der Waals surface area contributed by atoms with Gasteiger partial charge in [-0.1, -0.05) is 54.1 Å². The number of rotatable bonds is 4. The number of benzene rings is 3. The van der Waals surface area contributed by atoms with Crippen LogP contribution in [0.2, 0.25) is 5.02 Å². The fourth-order valence-corrected chi connectivity index (χ4v) is 4.40. The normalized spacial score (nSPS) is 11.0. The standard InChI is InChI=1S/C25H17ClN2O2S/c1-15-20-4-2-3-5-22(20)30-23(15)24(29)27-19-12-8-16(9-13-19)21-14-31-25(28-21)17-6-10-18(26)11-7-17/h2-14H,1H3,(H,27,29). The zero-order valence-electron chi connectivity index (χ0n) is 16.6. The molecular formula is C25H17ClN2O2S. The second-order valence-corrected chi connectivity index (χ2v) is 8.42. The van der Waals surface area contributed by atoms with Crippen LogP contribution in [-0.4, -0.2) is 10.9 Å². The molecule has 0 bridgehead atoms. The third kappa shape index (κ3) is 3.85. The molecule has 4 nitrogen and oxygen atoms in total. The minimum atomic E-state index is -0.264. The summed E-state index contributed by atoms with van der Waals surface area (Å²) in [6, 6.07) is 22.9. The number of nitrogens with one attached hydrogen (secondary N) is 1. The van der Waals surface area contributed by atoms with Gasteiger partial charge in [-0.3, -0.25) is 4.79 Å². The van der Waals surface area contributed by atoms with Crippen molar-refractivity contribution in [3.05, 3.63) is 94.5 Å². The van der Waals surface area contributed by atoms with Gasteiger partial charge in [-0.2, -0.15) is 0 Å². The number of carbonyl (C=O) groups excluding carboxylic acids is 1. The van der Waals surface area contributed by atoms with E-state index in [-0.39, 0.29) is 5.91 Å². The van der Waals surface area contributed by atoms with Crippen molar-refractivity contribution in [3.63, 3.8) is 0 Å². The SMILES string of the molecule is Cc1c(C(=O)Nc2ccc(-c3csc(-c4ccc(Cl)cc4)n3)cc2)oc2ccccc12. The number of fused-ring (bicyclic) bond motifs is 1. The number of furan rings is 1. The van der Waals surface area contributed by atoms with E-state index in [9.17, 15) is 4.79 Å². The van der Waals surface area contributed by atoms with E-state index in [4.69, 9.17) is 21.0 Å². The van der Waals surface area contributed by atoms with Crippen molar-refractivity contribution < 1.29 is 9.21 Å². The smallest absolute Gasteiger partial charge is 0.291 e. The van der Waals surface area contributed by atoms with Gasteiger partial charge in [0.05, 0.1) is 5.69 Å². The number of anilines is 1. The Bertz CT molecular complexity index is 1390. The number of aryl methyl sites for hydroxylation is 1. The number of carbonyl (C=O) groups is 1. The fraction of sp³-hybridized carbons (Fsp3) is 0.0400. The lowest BCUT2D eigenvalue weighted by atomic mass is 10.1. The number of hydrogen-bond donors (Lipinski definition) is 1.